The second-order valence-corrected chi connectivity index (χ2v) is 6.09. The molecule has 5 heteroatoms. The van der Waals surface area contributed by atoms with Gasteiger partial charge in [-0.2, -0.15) is 0 Å². The monoisotopic (exact) mass is 304 g/mol. The first-order valence-electron chi connectivity index (χ1n) is 7.05. The molecule has 1 aromatic carbocycles. The van der Waals surface area contributed by atoms with Crippen LogP contribution in [0.15, 0.2) is 33.7 Å². The number of carbonyl (C=O) groups is 1. The summed E-state index contributed by atoms with van der Waals surface area (Å²) < 4.78 is 5.11. The summed E-state index contributed by atoms with van der Waals surface area (Å²) >= 11 is 1.72. The maximum Gasteiger partial charge on any atom is 0.224 e. The lowest BCUT2D eigenvalue weighted by atomic mass is 10.1. The zero-order chi connectivity index (χ0) is 15.2. The number of hydrogen-bond acceptors (Lipinski definition) is 4. The molecule has 0 spiro atoms. The van der Waals surface area contributed by atoms with Gasteiger partial charge in [-0.1, -0.05) is 24.2 Å². The normalized spacial score (nSPS) is 10.6. The number of nitrogens with one attached hydrogen (secondary N) is 1. The molecule has 0 saturated heterocycles. The van der Waals surface area contributed by atoms with Crippen molar-refractivity contribution in [2.75, 3.05) is 11.1 Å². The Hall–Kier alpha value is -1.75. The summed E-state index contributed by atoms with van der Waals surface area (Å²) in [5.41, 5.74) is 2.77. The molecule has 4 nitrogen and oxygen atoms in total. The van der Waals surface area contributed by atoms with Crippen LogP contribution in [0.2, 0.25) is 0 Å². The molecule has 0 aliphatic heterocycles. The summed E-state index contributed by atoms with van der Waals surface area (Å²) in [5.74, 6) is 1.78. The van der Waals surface area contributed by atoms with Crippen LogP contribution in [0.25, 0.3) is 0 Å². The Morgan fingerprint density at radius 2 is 2.10 bits per heavy atom. The molecule has 1 amide bonds. The topological polar surface area (TPSA) is 55.1 Å². The highest BCUT2D eigenvalue weighted by Crippen LogP contribution is 2.26. The van der Waals surface area contributed by atoms with Crippen molar-refractivity contribution in [1.82, 2.24) is 5.16 Å². The third-order valence-electron chi connectivity index (χ3n) is 3.24. The summed E-state index contributed by atoms with van der Waals surface area (Å²) in [6.07, 6.45) is 1.07. The lowest BCUT2D eigenvalue weighted by molar-refractivity contribution is -0.116. The van der Waals surface area contributed by atoms with E-state index in [2.05, 4.69) is 17.4 Å². The van der Waals surface area contributed by atoms with Gasteiger partial charge in [0.1, 0.15) is 5.76 Å². The Bertz CT molecular complexity index is 603. The fourth-order valence-corrected chi connectivity index (χ4v) is 2.92. The van der Waals surface area contributed by atoms with Crippen LogP contribution in [0.3, 0.4) is 0 Å². The highest BCUT2D eigenvalue weighted by molar-refractivity contribution is 7.99. The first-order chi connectivity index (χ1) is 10.1. The number of hydrogen-bond donors (Lipinski definition) is 1. The largest absolute Gasteiger partial charge is 0.361 e. The molecule has 0 bridgehead atoms. The highest BCUT2D eigenvalue weighted by atomic mass is 32.2. The molecule has 1 N–H and O–H groups in total. The number of thioether (sulfide) groups is 1. The van der Waals surface area contributed by atoms with Crippen LogP contribution < -0.4 is 5.32 Å². The summed E-state index contributed by atoms with van der Waals surface area (Å²) in [7, 11) is 0. The summed E-state index contributed by atoms with van der Waals surface area (Å²) in [5, 5.41) is 6.89. The lowest BCUT2D eigenvalue weighted by Gasteiger charge is -2.09. The molecule has 2 aromatic rings. The number of benzene rings is 1. The Morgan fingerprint density at radius 1 is 1.33 bits per heavy atom. The molecule has 0 unspecified atom stereocenters. The maximum absolute atomic E-state index is 12.1. The van der Waals surface area contributed by atoms with Crippen molar-refractivity contribution in [3.8, 4) is 0 Å². The highest BCUT2D eigenvalue weighted by Gasteiger charge is 2.12. The Morgan fingerprint density at radius 3 is 2.76 bits per heavy atom. The zero-order valence-electron chi connectivity index (χ0n) is 12.6. The van der Waals surface area contributed by atoms with E-state index in [-0.39, 0.29) is 5.91 Å². The van der Waals surface area contributed by atoms with Crippen molar-refractivity contribution in [2.45, 2.75) is 38.5 Å². The van der Waals surface area contributed by atoms with Crippen molar-refractivity contribution in [3.05, 3.63) is 41.3 Å². The van der Waals surface area contributed by atoms with Crippen molar-refractivity contribution < 1.29 is 9.32 Å². The van der Waals surface area contributed by atoms with E-state index in [9.17, 15) is 4.79 Å². The number of amides is 1. The quantitative estimate of drug-likeness (QED) is 0.820. The third-order valence-corrected chi connectivity index (χ3v) is 4.20. The van der Waals surface area contributed by atoms with Gasteiger partial charge in [0.15, 0.2) is 0 Å². The molecule has 0 saturated carbocycles. The lowest BCUT2D eigenvalue weighted by Crippen LogP contribution is -2.13. The number of aromatic nitrogens is 1. The van der Waals surface area contributed by atoms with Crippen LogP contribution >= 0.6 is 11.8 Å². The van der Waals surface area contributed by atoms with E-state index >= 15 is 0 Å². The average molecular weight is 304 g/mol. The van der Waals surface area contributed by atoms with E-state index < -0.39 is 0 Å². The van der Waals surface area contributed by atoms with Gasteiger partial charge in [0.25, 0.3) is 0 Å². The fraction of sp³-hybridized carbons (Fsp3) is 0.375. The average Bonchev–Trinajstić information content (AvgIpc) is 2.78. The number of anilines is 1. The summed E-state index contributed by atoms with van der Waals surface area (Å²) in [6.45, 7) is 5.87. The van der Waals surface area contributed by atoms with Gasteiger partial charge in [-0.05, 0) is 38.2 Å². The second kappa shape index (κ2) is 7.31. The fourth-order valence-electron chi connectivity index (χ4n) is 2.16. The molecule has 0 aliphatic rings. The minimum atomic E-state index is 0.0131. The smallest absolute Gasteiger partial charge is 0.224 e. The SMILES string of the molecule is CCSc1ccccc1NC(=O)CCc1c(C)noc1C. The van der Waals surface area contributed by atoms with Crippen LogP contribution in [0.1, 0.15) is 30.4 Å². The van der Waals surface area contributed by atoms with Gasteiger partial charge < -0.3 is 9.84 Å². The molecule has 1 heterocycles. The van der Waals surface area contributed by atoms with Gasteiger partial charge >= 0.3 is 0 Å². The molecule has 112 valence electrons. The number of aryl methyl sites for hydroxylation is 2. The van der Waals surface area contributed by atoms with E-state index in [0.717, 1.165) is 33.4 Å². The Labute approximate surface area is 129 Å². The molecule has 1 aromatic heterocycles. The molecular formula is C16H20N2O2S. The molecule has 0 aliphatic carbocycles. The minimum absolute atomic E-state index is 0.0131. The number of carbonyl (C=O) groups excluding carboxylic acids is 1. The molecule has 0 radical (unpaired) electrons. The van der Waals surface area contributed by atoms with Gasteiger partial charge in [-0.3, -0.25) is 4.79 Å². The second-order valence-electron chi connectivity index (χ2n) is 4.78. The number of rotatable bonds is 6. The van der Waals surface area contributed by atoms with Crippen LogP contribution in [0, 0.1) is 13.8 Å². The van der Waals surface area contributed by atoms with Gasteiger partial charge in [0.2, 0.25) is 5.91 Å². The van der Waals surface area contributed by atoms with Crippen molar-refractivity contribution >= 4 is 23.4 Å². The van der Waals surface area contributed by atoms with E-state index in [1.807, 2.05) is 38.1 Å². The van der Waals surface area contributed by atoms with Crippen LogP contribution in [0.4, 0.5) is 5.69 Å². The van der Waals surface area contributed by atoms with E-state index in [0.29, 0.717) is 12.8 Å². The van der Waals surface area contributed by atoms with E-state index in [1.54, 1.807) is 11.8 Å². The van der Waals surface area contributed by atoms with E-state index in [1.165, 1.54) is 0 Å². The van der Waals surface area contributed by atoms with Gasteiger partial charge in [-0.25, -0.2) is 0 Å². The van der Waals surface area contributed by atoms with E-state index in [4.69, 9.17) is 4.52 Å². The van der Waals surface area contributed by atoms with Gasteiger partial charge in [0.05, 0.1) is 11.4 Å². The zero-order valence-corrected chi connectivity index (χ0v) is 13.4. The first-order valence-corrected chi connectivity index (χ1v) is 8.03. The minimum Gasteiger partial charge on any atom is -0.361 e. The van der Waals surface area contributed by atoms with Gasteiger partial charge in [0, 0.05) is 16.9 Å². The van der Waals surface area contributed by atoms with Gasteiger partial charge in [-0.15, -0.1) is 11.8 Å². The Kier molecular flexibility index (Phi) is 5.44. The van der Waals surface area contributed by atoms with Crippen molar-refractivity contribution in [3.63, 3.8) is 0 Å². The predicted octanol–water partition coefficient (Wildman–Crippen LogP) is 3.97. The van der Waals surface area contributed by atoms with Crippen molar-refractivity contribution in [2.24, 2.45) is 0 Å². The molecular weight excluding hydrogens is 284 g/mol. The van der Waals surface area contributed by atoms with Crippen LogP contribution in [-0.4, -0.2) is 16.8 Å². The number of nitrogens with zero attached hydrogens (tertiary/aromatic N) is 1. The van der Waals surface area contributed by atoms with Crippen molar-refractivity contribution in [1.29, 1.82) is 0 Å². The molecule has 0 atom stereocenters. The predicted molar refractivity (Wildman–Crippen MR) is 85.8 cm³/mol. The summed E-state index contributed by atoms with van der Waals surface area (Å²) in [4.78, 5) is 13.2. The molecule has 0 fully saturated rings. The third kappa shape index (κ3) is 4.11. The maximum atomic E-state index is 12.1. The Balaban J connectivity index is 1.96. The standard InChI is InChI=1S/C16H20N2O2S/c1-4-21-15-8-6-5-7-14(15)17-16(19)10-9-13-11(2)18-20-12(13)3/h5-8H,4,9-10H2,1-3H3,(H,17,19). The first kappa shape index (κ1) is 15.6. The molecule has 2 rings (SSSR count). The molecule has 21 heavy (non-hydrogen) atoms. The summed E-state index contributed by atoms with van der Waals surface area (Å²) in [6, 6.07) is 7.88. The van der Waals surface area contributed by atoms with Crippen LogP contribution in [-0.2, 0) is 11.2 Å². The van der Waals surface area contributed by atoms with Crippen LogP contribution in [0.5, 0.6) is 0 Å². The number of para-hydroxylation sites is 1.